The maximum Gasteiger partial charge on any atom is 0.221 e. The molecule has 1 saturated carbocycles. The van der Waals surface area contributed by atoms with Gasteiger partial charge in [-0.25, -0.2) is 9.97 Å². The molecule has 0 unspecified atom stereocenters. The zero-order valence-corrected chi connectivity index (χ0v) is 9.29. The number of ether oxygens (including phenoxy) is 1. The lowest BCUT2D eigenvalue weighted by atomic mass is 10.3. The van der Waals surface area contributed by atoms with Crippen molar-refractivity contribution < 1.29 is 4.74 Å². The standard InChI is InChI=1S/C11H17N3O/c1-3-12-10-8(2)11(14-7-13-10)15-6-9-4-5-9/h7,9H,3-6H2,1-2H3,(H,12,13,14). The SMILES string of the molecule is CCNc1ncnc(OCC2CC2)c1C. The van der Waals surface area contributed by atoms with Crippen molar-refractivity contribution in [1.29, 1.82) is 0 Å². The molecular weight excluding hydrogens is 190 g/mol. The fourth-order valence-corrected chi connectivity index (χ4v) is 1.41. The number of nitrogens with zero attached hydrogens (tertiary/aromatic N) is 2. The van der Waals surface area contributed by atoms with E-state index in [1.54, 1.807) is 6.33 Å². The lowest BCUT2D eigenvalue weighted by Gasteiger charge is -2.10. The average molecular weight is 207 g/mol. The van der Waals surface area contributed by atoms with Crippen LogP contribution in [0.1, 0.15) is 25.3 Å². The van der Waals surface area contributed by atoms with Crippen molar-refractivity contribution >= 4 is 5.82 Å². The molecule has 82 valence electrons. The summed E-state index contributed by atoms with van der Waals surface area (Å²) in [5.41, 5.74) is 1.00. The van der Waals surface area contributed by atoms with Gasteiger partial charge in [0.1, 0.15) is 12.1 Å². The molecule has 1 N–H and O–H groups in total. The minimum absolute atomic E-state index is 0.716. The van der Waals surface area contributed by atoms with Crippen LogP contribution in [-0.4, -0.2) is 23.1 Å². The van der Waals surface area contributed by atoms with Crippen molar-refractivity contribution in [3.63, 3.8) is 0 Å². The molecule has 0 atom stereocenters. The summed E-state index contributed by atoms with van der Waals surface area (Å²) in [7, 11) is 0. The number of hydrogen-bond donors (Lipinski definition) is 1. The van der Waals surface area contributed by atoms with Gasteiger partial charge in [0.15, 0.2) is 0 Å². The summed E-state index contributed by atoms with van der Waals surface area (Å²) in [6, 6.07) is 0. The third kappa shape index (κ3) is 2.58. The van der Waals surface area contributed by atoms with Gasteiger partial charge >= 0.3 is 0 Å². The Morgan fingerprint density at radius 3 is 2.93 bits per heavy atom. The van der Waals surface area contributed by atoms with Crippen LogP contribution in [0.15, 0.2) is 6.33 Å². The van der Waals surface area contributed by atoms with Crippen LogP contribution in [0.25, 0.3) is 0 Å². The van der Waals surface area contributed by atoms with E-state index >= 15 is 0 Å². The Balaban J connectivity index is 2.04. The van der Waals surface area contributed by atoms with E-state index in [0.29, 0.717) is 5.88 Å². The van der Waals surface area contributed by atoms with Gasteiger partial charge in [-0.15, -0.1) is 0 Å². The van der Waals surface area contributed by atoms with Gasteiger partial charge in [-0.3, -0.25) is 0 Å². The molecule has 4 heteroatoms. The first-order chi connectivity index (χ1) is 7.31. The maximum absolute atomic E-state index is 5.66. The molecule has 0 aliphatic heterocycles. The highest BCUT2D eigenvalue weighted by Gasteiger charge is 2.22. The Bertz CT molecular complexity index is 337. The summed E-state index contributed by atoms with van der Waals surface area (Å²) in [6.45, 7) is 5.69. The zero-order valence-electron chi connectivity index (χ0n) is 9.29. The normalized spacial score (nSPS) is 15.1. The Labute approximate surface area is 90.1 Å². The van der Waals surface area contributed by atoms with Crippen molar-refractivity contribution in [3.8, 4) is 5.88 Å². The molecule has 1 aromatic rings. The first-order valence-electron chi connectivity index (χ1n) is 5.49. The molecule has 1 heterocycles. The Hall–Kier alpha value is -1.32. The summed E-state index contributed by atoms with van der Waals surface area (Å²) in [6.07, 6.45) is 4.14. The van der Waals surface area contributed by atoms with Crippen LogP contribution >= 0.6 is 0 Å². The van der Waals surface area contributed by atoms with Crippen LogP contribution in [0, 0.1) is 12.8 Å². The Kier molecular flexibility index (Phi) is 3.04. The van der Waals surface area contributed by atoms with Crippen LogP contribution in [0.3, 0.4) is 0 Å². The molecule has 0 saturated heterocycles. The second-order valence-corrected chi connectivity index (χ2v) is 3.94. The molecule has 0 spiro atoms. The molecule has 1 aliphatic rings. The second-order valence-electron chi connectivity index (χ2n) is 3.94. The van der Waals surface area contributed by atoms with Crippen molar-refractivity contribution in [2.45, 2.75) is 26.7 Å². The molecule has 0 radical (unpaired) electrons. The van der Waals surface area contributed by atoms with E-state index < -0.39 is 0 Å². The average Bonchev–Trinajstić information content (AvgIpc) is 3.03. The first-order valence-corrected chi connectivity index (χ1v) is 5.49. The lowest BCUT2D eigenvalue weighted by molar-refractivity contribution is 0.286. The molecule has 4 nitrogen and oxygen atoms in total. The van der Waals surface area contributed by atoms with Crippen LogP contribution in [0.4, 0.5) is 5.82 Å². The summed E-state index contributed by atoms with van der Waals surface area (Å²) in [4.78, 5) is 8.32. The predicted octanol–water partition coefficient (Wildman–Crippen LogP) is 2.01. The van der Waals surface area contributed by atoms with Crippen LogP contribution in [0.2, 0.25) is 0 Å². The van der Waals surface area contributed by atoms with E-state index in [-0.39, 0.29) is 0 Å². The van der Waals surface area contributed by atoms with Gasteiger partial charge in [0, 0.05) is 6.54 Å². The van der Waals surface area contributed by atoms with Gasteiger partial charge in [0.25, 0.3) is 0 Å². The highest BCUT2D eigenvalue weighted by atomic mass is 16.5. The third-order valence-electron chi connectivity index (χ3n) is 2.53. The molecule has 0 bridgehead atoms. The molecule has 0 amide bonds. The van der Waals surface area contributed by atoms with Crippen LogP contribution in [-0.2, 0) is 0 Å². The predicted molar refractivity (Wildman–Crippen MR) is 59.2 cm³/mol. The summed E-state index contributed by atoms with van der Waals surface area (Å²) < 4.78 is 5.66. The monoisotopic (exact) mass is 207 g/mol. The second kappa shape index (κ2) is 4.47. The van der Waals surface area contributed by atoms with Crippen LogP contribution < -0.4 is 10.1 Å². The van der Waals surface area contributed by atoms with Gasteiger partial charge < -0.3 is 10.1 Å². The van der Waals surface area contributed by atoms with E-state index in [1.807, 2.05) is 13.8 Å². The van der Waals surface area contributed by atoms with Gasteiger partial charge in [0.2, 0.25) is 5.88 Å². The summed E-state index contributed by atoms with van der Waals surface area (Å²) in [5, 5.41) is 3.19. The molecule has 1 fully saturated rings. The quantitative estimate of drug-likeness (QED) is 0.802. The topological polar surface area (TPSA) is 47.0 Å². The summed E-state index contributed by atoms with van der Waals surface area (Å²) in [5.74, 6) is 2.34. The fraction of sp³-hybridized carbons (Fsp3) is 0.636. The summed E-state index contributed by atoms with van der Waals surface area (Å²) >= 11 is 0. The zero-order chi connectivity index (χ0) is 10.7. The number of nitrogens with one attached hydrogen (secondary N) is 1. The smallest absolute Gasteiger partial charge is 0.221 e. The van der Waals surface area contributed by atoms with Crippen molar-refractivity contribution in [3.05, 3.63) is 11.9 Å². The van der Waals surface area contributed by atoms with E-state index in [2.05, 4.69) is 15.3 Å². The minimum Gasteiger partial charge on any atom is -0.477 e. The third-order valence-corrected chi connectivity index (χ3v) is 2.53. The maximum atomic E-state index is 5.66. The largest absolute Gasteiger partial charge is 0.477 e. The fourth-order valence-electron chi connectivity index (χ4n) is 1.41. The highest BCUT2D eigenvalue weighted by Crippen LogP contribution is 2.30. The van der Waals surface area contributed by atoms with Crippen molar-refractivity contribution in [1.82, 2.24) is 9.97 Å². The van der Waals surface area contributed by atoms with E-state index in [9.17, 15) is 0 Å². The molecule has 15 heavy (non-hydrogen) atoms. The molecule has 1 aromatic heterocycles. The van der Waals surface area contributed by atoms with Crippen LogP contribution in [0.5, 0.6) is 5.88 Å². The van der Waals surface area contributed by atoms with Crippen molar-refractivity contribution in [2.75, 3.05) is 18.5 Å². The number of anilines is 1. The van der Waals surface area contributed by atoms with Crippen molar-refractivity contribution in [2.24, 2.45) is 5.92 Å². The van der Waals surface area contributed by atoms with Gasteiger partial charge in [-0.1, -0.05) is 0 Å². The lowest BCUT2D eigenvalue weighted by Crippen LogP contribution is -2.07. The van der Waals surface area contributed by atoms with Gasteiger partial charge in [-0.2, -0.15) is 0 Å². The van der Waals surface area contributed by atoms with Gasteiger partial charge in [0.05, 0.1) is 12.2 Å². The molecule has 0 aromatic carbocycles. The molecular formula is C11H17N3O. The van der Waals surface area contributed by atoms with E-state index in [4.69, 9.17) is 4.74 Å². The minimum atomic E-state index is 0.716. The molecule has 2 rings (SSSR count). The Morgan fingerprint density at radius 1 is 1.47 bits per heavy atom. The number of aromatic nitrogens is 2. The first kappa shape index (κ1) is 10.2. The number of rotatable bonds is 5. The van der Waals surface area contributed by atoms with E-state index in [0.717, 1.165) is 30.5 Å². The Morgan fingerprint density at radius 2 is 2.27 bits per heavy atom. The molecule has 1 aliphatic carbocycles. The highest BCUT2D eigenvalue weighted by molar-refractivity contribution is 5.47. The van der Waals surface area contributed by atoms with Gasteiger partial charge in [-0.05, 0) is 32.6 Å². The number of hydrogen-bond acceptors (Lipinski definition) is 4. The van der Waals surface area contributed by atoms with E-state index in [1.165, 1.54) is 12.8 Å².